The van der Waals surface area contributed by atoms with Crippen molar-refractivity contribution in [1.29, 1.82) is 0 Å². The van der Waals surface area contributed by atoms with E-state index in [0.717, 1.165) is 6.42 Å². The number of hydrogen-bond donors (Lipinski definition) is 0. The summed E-state index contributed by atoms with van der Waals surface area (Å²) < 4.78 is 4.96. The summed E-state index contributed by atoms with van der Waals surface area (Å²) in [4.78, 5) is 0. The first-order chi connectivity index (χ1) is 23.7. The summed E-state index contributed by atoms with van der Waals surface area (Å²) in [6.45, 7) is 23.5. The molecule has 266 valence electrons. The number of fused-ring (bicyclic) bond motifs is 3. The number of aryl methyl sites for hydroxylation is 2. The number of rotatable bonds is 5. The first kappa shape index (κ1) is 40.1. The second kappa shape index (κ2) is 15.3. The van der Waals surface area contributed by atoms with E-state index in [1.54, 1.807) is 15.3 Å². The summed E-state index contributed by atoms with van der Waals surface area (Å²) in [6.07, 6.45) is 3.58. The topological polar surface area (TPSA) is 0 Å². The fourth-order valence-corrected chi connectivity index (χ4v) is 16.9. The standard InChI is InChI=1S/C21H25.C15H14.C13H13.2ClH.Zr/c1-20(2,3)16-9-7-14-11-15-8-10-17(21(4,5)6)13-19(15)18(14)12-16;1-12-3-7-14(8-4-12)11-15-9-5-13(2)6-10-15;1-10-8-11(2)13(9-10)12-6-4-3-5-7-12;;;/h7,9-10,12-13H,11H2,1-6H3;3-10H,1-2H3;3-7,9-10H,1-2H3;2*1H;/q;;;;;+2/p-2. The van der Waals surface area contributed by atoms with Crippen LogP contribution in [-0.4, -0.2) is 3.21 Å². The van der Waals surface area contributed by atoms with Crippen LogP contribution in [0.1, 0.15) is 105 Å². The SMILES string of the molecule is CC1=[C]([Zr+2](=[C](c2ccc(C)cc2)c2ccc(C)cc2)[c]2cc(C(C)(C)C)cc3c2Cc2ccc(C(C)(C)C)cc2-3)C(C)C=C1c1ccccc1.[Cl-].[Cl-]. The Morgan fingerprint density at radius 2 is 1.15 bits per heavy atom. The molecule has 0 aliphatic heterocycles. The van der Waals surface area contributed by atoms with E-state index in [2.05, 4.69) is 185 Å². The van der Waals surface area contributed by atoms with Gasteiger partial charge in [-0.2, -0.15) is 0 Å². The predicted octanol–water partition coefficient (Wildman–Crippen LogP) is 6.00. The van der Waals surface area contributed by atoms with E-state index in [1.165, 1.54) is 66.8 Å². The third kappa shape index (κ3) is 7.62. The Kier molecular flexibility index (Phi) is 11.8. The molecule has 3 heteroatoms. The Labute approximate surface area is 333 Å². The monoisotopic (exact) mass is 800 g/mol. The molecule has 0 spiro atoms. The normalized spacial score (nSPS) is 14.8. The van der Waals surface area contributed by atoms with Crippen LogP contribution in [0.15, 0.2) is 124 Å². The fourth-order valence-electron chi connectivity index (χ4n) is 8.00. The number of hydrogen-bond acceptors (Lipinski definition) is 0. The molecule has 0 saturated heterocycles. The number of allylic oxidation sites excluding steroid dienone is 4. The van der Waals surface area contributed by atoms with Gasteiger partial charge in [-0.3, -0.25) is 0 Å². The van der Waals surface area contributed by atoms with Crippen LogP contribution in [0.2, 0.25) is 0 Å². The van der Waals surface area contributed by atoms with Crippen molar-refractivity contribution >= 4 is 12.1 Å². The minimum Gasteiger partial charge on any atom is -1.00 e. The van der Waals surface area contributed by atoms with Gasteiger partial charge in [0, 0.05) is 0 Å². The van der Waals surface area contributed by atoms with E-state index in [-0.39, 0.29) is 35.6 Å². The number of halogens is 2. The Hall–Kier alpha value is -3.09. The molecule has 2 aliphatic carbocycles. The molecule has 2 aliphatic rings. The average Bonchev–Trinajstić information content (AvgIpc) is 3.60. The smallest absolute Gasteiger partial charge is 1.00 e. The molecule has 1 atom stereocenters. The van der Waals surface area contributed by atoms with Crippen molar-refractivity contribution in [3.63, 3.8) is 0 Å². The fraction of sp³-hybridized carbons (Fsp3) is 0.286. The summed E-state index contributed by atoms with van der Waals surface area (Å²) >= 11 is -3.00. The summed E-state index contributed by atoms with van der Waals surface area (Å²) in [6, 6.07) is 42.6. The van der Waals surface area contributed by atoms with E-state index in [1.807, 2.05) is 0 Å². The van der Waals surface area contributed by atoms with Crippen LogP contribution >= 0.6 is 0 Å². The second-order valence-electron chi connectivity index (χ2n) is 16.9. The van der Waals surface area contributed by atoms with Crippen molar-refractivity contribution in [2.24, 2.45) is 5.92 Å². The third-order valence-electron chi connectivity index (χ3n) is 11.0. The van der Waals surface area contributed by atoms with Crippen LogP contribution in [-0.2, 0) is 38.5 Å². The summed E-state index contributed by atoms with van der Waals surface area (Å²) in [7, 11) is 0. The molecule has 5 aromatic rings. The zero-order valence-electron chi connectivity index (χ0n) is 32.5. The average molecular weight is 803 g/mol. The Morgan fingerprint density at radius 1 is 0.615 bits per heavy atom. The van der Waals surface area contributed by atoms with Gasteiger partial charge in [0.1, 0.15) is 0 Å². The molecular weight excluding hydrogens is 751 g/mol. The van der Waals surface area contributed by atoms with E-state index in [4.69, 9.17) is 0 Å². The van der Waals surface area contributed by atoms with Gasteiger partial charge in [0.05, 0.1) is 0 Å². The van der Waals surface area contributed by atoms with Gasteiger partial charge in [-0.05, 0) is 0 Å². The maximum atomic E-state index is 2.68. The van der Waals surface area contributed by atoms with Crippen LogP contribution in [0.3, 0.4) is 0 Å². The number of benzene rings is 5. The molecule has 0 saturated carbocycles. The molecule has 0 bridgehead atoms. The van der Waals surface area contributed by atoms with Gasteiger partial charge in [-0.1, -0.05) is 0 Å². The van der Waals surface area contributed by atoms with E-state index in [0.29, 0.717) is 5.92 Å². The first-order valence-corrected chi connectivity index (χ1v) is 22.1. The maximum absolute atomic E-state index is 3.00. The largest absolute Gasteiger partial charge is 1.00 e. The van der Waals surface area contributed by atoms with Gasteiger partial charge in [-0.25, -0.2) is 0 Å². The van der Waals surface area contributed by atoms with Crippen LogP contribution < -0.4 is 28.1 Å². The van der Waals surface area contributed by atoms with E-state index >= 15 is 0 Å². The molecule has 5 aromatic carbocycles. The van der Waals surface area contributed by atoms with Crippen LogP contribution in [0.4, 0.5) is 0 Å². The van der Waals surface area contributed by atoms with Gasteiger partial charge in [0.15, 0.2) is 0 Å². The molecule has 7 rings (SSSR count). The molecule has 1 unspecified atom stereocenters. The summed E-state index contributed by atoms with van der Waals surface area (Å²) in [5, 5.41) is 0. The Balaban J connectivity index is 0.00000261. The van der Waals surface area contributed by atoms with Crippen LogP contribution in [0, 0.1) is 19.8 Å². The minimum absolute atomic E-state index is 0. The predicted molar refractivity (Wildman–Crippen MR) is 214 cm³/mol. The molecule has 0 fully saturated rings. The van der Waals surface area contributed by atoms with Crippen molar-refractivity contribution in [2.45, 2.75) is 86.5 Å². The minimum atomic E-state index is -3.00. The van der Waals surface area contributed by atoms with Crippen LogP contribution in [0.5, 0.6) is 0 Å². The zero-order chi connectivity index (χ0) is 35.5. The van der Waals surface area contributed by atoms with Crippen molar-refractivity contribution < 1.29 is 46.1 Å². The maximum Gasteiger partial charge on any atom is -1.00 e. The molecule has 0 heterocycles. The third-order valence-corrected chi connectivity index (χ3v) is 19.4. The van der Waals surface area contributed by atoms with Crippen molar-refractivity contribution in [3.8, 4) is 11.1 Å². The van der Waals surface area contributed by atoms with E-state index in [9.17, 15) is 0 Å². The van der Waals surface area contributed by atoms with Gasteiger partial charge < -0.3 is 24.8 Å². The quantitative estimate of drug-likeness (QED) is 0.201. The van der Waals surface area contributed by atoms with Gasteiger partial charge >= 0.3 is 311 Å². The molecule has 0 amide bonds. The molecule has 0 nitrogen and oxygen atoms in total. The van der Waals surface area contributed by atoms with Gasteiger partial charge in [-0.15, -0.1) is 0 Å². The summed E-state index contributed by atoms with van der Waals surface area (Å²) in [5.41, 5.74) is 18.6. The molecule has 0 N–H and O–H groups in total. The van der Waals surface area contributed by atoms with Crippen LogP contribution in [0.25, 0.3) is 16.7 Å². The second-order valence-corrected chi connectivity index (χ2v) is 22.6. The van der Waals surface area contributed by atoms with Crippen molar-refractivity contribution in [3.05, 3.63) is 174 Å². The van der Waals surface area contributed by atoms with Crippen molar-refractivity contribution in [1.82, 2.24) is 0 Å². The first-order valence-electron chi connectivity index (χ1n) is 18.4. The molecule has 0 aromatic heterocycles. The zero-order valence-corrected chi connectivity index (χ0v) is 36.5. The Morgan fingerprint density at radius 3 is 1.69 bits per heavy atom. The molecule has 0 radical (unpaired) electrons. The summed E-state index contributed by atoms with van der Waals surface area (Å²) in [5.74, 6) is 0.371. The molecule has 52 heavy (non-hydrogen) atoms. The Bertz CT molecular complexity index is 2150. The molecular formula is C49H52Cl2Zr. The van der Waals surface area contributed by atoms with Gasteiger partial charge in [0.2, 0.25) is 0 Å². The van der Waals surface area contributed by atoms with Crippen molar-refractivity contribution in [2.75, 3.05) is 0 Å². The van der Waals surface area contributed by atoms with Gasteiger partial charge in [0.25, 0.3) is 0 Å². The van der Waals surface area contributed by atoms with E-state index < -0.39 is 21.3 Å².